The number of amides is 3. The van der Waals surface area contributed by atoms with E-state index in [1.54, 1.807) is 13.8 Å². The highest BCUT2D eigenvalue weighted by atomic mass is 16.4. The quantitative estimate of drug-likeness (QED) is 0.359. The van der Waals surface area contributed by atoms with Crippen molar-refractivity contribution in [3.8, 4) is 0 Å². The molecule has 1 aromatic carbocycles. The topological polar surface area (TPSA) is 151 Å². The van der Waals surface area contributed by atoms with Gasteiger partial charge in [-0.15, -0.1) is 0 Å². The highest BCUT2D eigenvalue weighted by Crippen LogP contribution is 2.03. The van der Waals surface area contributed by atoms with Gasteiger partial charge in [0.1, 0.15) is 12.1 Å². The van der Waals surface area contributed by atoms with Gasteiger partial charge in [0.05, 0.1) is 12.6 Å². The van der Waals surface area contributed by atoms with E-state index in [1.165, 1.54) is 6.92 Å². The lowest BCUT2D eigenvalue weighted by Crippen LogP contribution is -2.55. The minimum atomic E-state index is -1.18. The lowest BCUT2D eigenvalue weighted by molar-refractivity contribution is -0.142. The number of carboxylic acids is 1. The molecule has 1 aromatic rings. The lowest BCUT2D eigenvalue weighted by atomic mass is 10.0. The average molecular weight is 392 g/mol. The molecule has 28 heavy (non-hydrogen) atoms. The van der Waals surface area contributed by atoms with Crippen LogP contribution in [0.1, 0.15) is 26.3 Å². The zero-order chi connectivity index (χ0) is 21.3. The van der Waals surface area contributed by atoms with Gasteiger partial charge < -0.3 is 26.8 Å². The molecule has 154 valence electrons. The van der Waals surface area contributed by atoms with E-state index in [-0.39, 0.29) is 12.5 Å². The molecular formula is C19H28N4O5. The summed E-state index contributed by atoms with van der Waals surface area (Å²) in [4.78, 5) is 47.2. The van der Waals surface area contributed by atoms with Crippen LogP contribution in [0.25, 0.3) is 0 Å². The largest absolute Gasteiger partial charge is 0.480 e. The van der Waals surface area contributed by atoms with Crippen molar-refractivity contribution in [3.63, 3.8) is 0 Å². The summed E-state index contributed by atoms with van der Waals surface area (Å²) in [5, 5.41) is 16.1. The van der Waals surface area contributed by atoms with Crippen LogP contribution in [0.5, 0.6) is 0 Å². The van der Waals surface area contributed by atoms with Gasteiger partial charge in [-0.25, -0.2) is 0 Å². The van der Waals surface area contributed by atoms with Crippen LogP contribution in [-0.4, -0.2) is 53.5 Å². The summed E-state index contributed by atoms with van der Waals surface area (Å²) in [6.45, 7) is 4.41. The fourth-order valence-electron chi connectivity index (χ4n) is 2.38. The molecule has 1 rings (SSSR count). The Hall–Kier alpha value is -2.94. The second-order valence-electron chi connectivity index (χ2n) is 6.87. The first-order valence-corrected chi connectivity index (χ1v) is 9.01. The number of aliphatic carboxylic acids is 1. The molecule has 9 nitrogen and oxygen atoms in total. The molecule has 0 aromatic heterocycles. The maximum atomic E-state index is 12.2. The van der Waals surface area contributed by atoms with E-state index in [2.05, 4.69) is 16.0 Å². The lowest BCUT2D eigenvalue weighted by Gasteiger charge is -2.23. The Labute approximate surface area is 164 Å². The normalized spacial score (nSPS) is 13.9. The monoisotopic (exact) mass is 392 g/mol. The molecule has 0 bridgehead atoms. The SMILES string of the molecule is CC(NC(=O)C(NC(=O)CNC(=O)C(N)Cc1ccccc1)C(C)C)C(=O)O. The molecule has 6 N–H and O–H groups in total. The van der Waals surface area contributed by atoms with E-state index < -0.39 is 41.8 Å². The zero-order valence-electron chi connectivity index (χ0n) is 16.3. The second-order valence-corrected chi connectivity index (χ2v) is 6.87. The van der Waals surface area contributed by atoms with Gasteiger partial charge in [-0.2, -0.15) is 0 Å². The molecule has 9 heteroatoms. The Balaban J connectivity index is 2.52. The summed E-state index contributed by atoms with van der Waals surface area (Å²) in [5.41, 5.74) is 6.75. The van der Waals surface area contributed by atoms with E-state index >= 15 is 0 Å². The summed E-state index contributed by atoms with van der Waals surface area (Å²) in [6, 6.07) is 6.43. The maximum Gasteiger partial charge on any atom is 0.325 e. The number of hydrogen-bond donors (Lipinski definition) is 5. The minimum Gasteiger partial charge on any atom is -0.480 e. The summed E-state index contributed by atoms with van der Waals surface area (Å²) >= 11 is 0. The molecular weight excluding hydrogens is 364 g/mol. The van der Waals surface area contributed by atoms with E-state index in [9.17, 15) is 19.2 Å². The minimum absolute atomic E-state index is 0.277. The summed E-state index contributed by atoms with van der Waals surface area (Å²) in [7, 11) is 0. The first-order valence-electron chi connectivity index (χ1n) is 9.01. The van der Waals surface area contributed by atoms with Crippen LogP contribution in [0.2, 0.25) is 0 Å². The molecule has 0 aliphatic rings. The highest BCUT2D eigenvalue weighted by Gasteiger charge is 2.27. The number of hydrogen-bond acceptors (Lipinski definition) is 5. The molecule has 0 aliphatic carbocycles. The van der Waals surface area contributed by atoms with Crippen LogP contribution >= 0.6 is 0 Å². The molecule has 0 heterocycles. The molecule has 0 aliphatic heterocycles. The molecule has 0 saturated heterocycles. The van der Waals surface area contributed by atoms with Crippen LogP contribution in [0.4, 0.5) is 0 Å². The first kappa shape index (κ1) is 23.1. The van der Waals surface area contributed by atoms with Gasteiger partial charge in [-0.3, -0.25) is 19.2 Å². The fraction of sp³-hybridized carbons (Fsp3) is 0.474. The van der Waals surface area contributed by atoms with Crippen molar-refractivity contribution < 1.29 is 24.3 Å². The van der Waals surface area contributed by atoms with Crippen molar-refractivity contribution in [2.45, 2.75) is 45.3 Å². The predicted octanol–water partition coefficient (Wildman–Crippen LogP) is -0.597. The van der Waals surface area contributed by atoms with Crippen LogP contribution in [-0.2, 0) is 25.6 Å². The van der Waals surface area contributed by atoms with Gasteiger partial charge in [-0.05, 0) is 24.8 Å². The summed E-state index contributed by atoms with van der Waals surface area (Å²) in [6.07, 6.45) is 0.332. The van der Waals surface area contributed by atoms with Crippen molar-refractivity contribution >= 4 is 23.7 Å². The van der Waals surface area contributed by atoms with E-state index in [1.807, 2.05) is 30.3 Å². The molecule has 0 spiro atoms. The Morgan fingerprint density at radius 3 is 2.14 bits per heavy atom. The van der Waals surface area contributed by atoms with E-state index in [0.29, 0.717) is 6.42 Å². The molecule has 0 saturated carbocycles. The van der Waals surface area contributed by atoms with Crippen molar-refractivity contribution in [1.29, 1.82) is 0 Å². The number of carbonyl (C=O) groups excluding carboxylic acids is 3. The van der Waals surface area contributed by atoms with Crippen LogP contribution in [0, 0.1) is 5.92 Å². The third kappa shape index (κ3) is 7.75. The van der Waals surface area contributed by atoms with E-state index in [4.69, 9.17) is 10.8 Å². The highest BCUT2D eigenvalue weighted by molar-refractivity contribution is 5.92. The third-order valence-electron chi connectivity index (χ3n) is 4.05. The smallest absolute Gasteiger partial charge is 0.325 e. The molecule has 3 amide bonds. The Morgan fingerprint density at radius 1 is 1.00 bits per heavy atom. The van der Waals surface area contributed by atoms with Crippen molar-refractivity contribution in [1.82, 2.24) is 16.0 Å². The van der Waals surface area contributed by atoms with Gasteiger partial charge in [0, 0.05) is 0 Å². The van der Waals surface area contributed by atoms with Gasteiger partial charge in [0.15, 0.2) is 0 Å². The number of nitrogens with one attached hydrogen (secondary N) is 3. The first-order chi connectivity index (χ1) is 13.1. The van der Waals surface area contributed by atoms with Crippen molar-refractivity contribution in [2.75, 3.05) is 6.54 Å². The van der Waals surface area contributed by atoms with Gasteiger partial charge >= 0.3 is 5.97 Å². The van der Waals surface area contributed by atoms with Crippen molar-refractivity contribution in [2.24, 2.45) is 11.7 Å². The number of carbonyl (C=O) groups is 4. The molecule has 0 fully saturated rings. The number of nitrogens with two attached hydrogens (primary N) is 1. The third-order valence-corrected chi connectivity index (χ3v) is 4.05. The van der Waals surface area contributed by atoms with Gasteiger partial charge in [0.2, 0.25) is 17.7 Å². The van der Waals surface area contributed by atoms with Crippen molar-refractivity contribution in [3.05, 3.63) is 35.9 Å². The number of rotatable bonds is 10. The Bertz CT molecular complexity index is 693. The standard InChI is InChI=1S/C19H28N4O5/c1-11(2)16(18(26)22-12(3)19(27)28)23-15(24)10-21-17(25)14(20)9-13-7-5-4-6-8-13/h4-8,11-12,14,16H,9-10,20H2,1-3H3,(H,21,25)(H,22,26)(H,23,24)(H,27,28). The van der Waals surface area contributed by atoms with Gasteiger partial charge in [-0.1, -0.05) is 44.2 Å². The van der Waals surface area contributed by atoms with Crippen LogP contribution in [0.3, 0.4) is 0 Å². The number of carboxylic acid groups (broad SMARTS) is 1. The average Bonchev–Trinajstić information content (AvgIpc) is 2.64. The molecule has 0 radical (unpaired) electrons. The predicted molar refractivity (Wildman–Crippen MR) is 103 cm³/mol. The Kier molecular flexibility index (Phi) is 9.10. The van der Waals surface area contributed by atoms with Crippen LogP contribution < -0.4 is 21.7 Å². The summed E-state index contributed by atoms with van der Waals surface area (Å²) < 4.78 is 0. The molecule has 3 atom stereocenters. The second kappa shape index (κ2) is 11.0. The summed E-state index contributed by atoms with van der Waals surface area (Å²) in [5.74, 6) is -3.12. The van der Waals surface area contributed by atoms with Gasteiger partial charge in [0.25, 0.3) is 0 Å². The number of benzene rings is 1. The Morgan fingerprint density at radius 2 is 1.61 bits per heavy atom. The maximum absolute atomic E-state index is 12.2. The fourth-order valence-corrected chi connectivity index (χ4v) is 2.38. The zero-order valence-corrected chi connectivity index (χ0v) is 16.3. The van der Waals surface area contributed by atoms with Crippen LogP contribution in [0.15, 0.2) is 30.3 Å². The molecule has 3 unspecified atom stereocenters. The van der Waals surface area contributed by atoms with E-state index in [0.717, 1.165) is 5.56 Å².